The van der Waals surface area contributed by atoms with Crippen molar-refractivity contribution in [3.8, 4) is 0 Å². The van der Waals surface area contributed by atoms with E-state index in [4.69, 9.17) is 0 Å². The summed E-state index contributed by atoms with van der Waals surface area (Å²) in [6.45, 7) is 0. The number of rotatable bonds is 0. The fourth-order valence-corrected chi connectivity index (χ4v) is 0. The van der Waals surface area contributed by atoms with Crippen LogP contribution in [0.1, 0.15) is 2.85 Å². The Morgan fingerprint density at radius 1 is 1.25 bits per heavy atom. The van der Waals surface area contributed by atoms with Gasteiger partial charge in [-0.05, 0) is 0 Å². The summed E-state index contributed by atoms with van der Waals surface area (Å²) in [6.07, 6.45) is 0. The summed E-state index contributed by atoms with van der Waals surface area (Å²) in [6, 6.07) is 0. The van der Waals surface area contributed by atoms with Gasteiger partial charge >= 0.3 is 48.4 Å². The molecule has 0 aromatic carbocycles. The van der Waals surface area contributed by atoms with Crippen molar-refractivity contribution in [1.82, 2.24) is 0 Å². The van der Waals surface area contributed by atoms with Gasteiger partial charge in [-0.2, -0.15) is 13.5 Å². The quantitative estimate of drug-likeness (QED) is 0.258. The zero-order chi connectivity index (χ0) is 0. The largest absolute Gasteiger partial charge is 1.00 e. The van der Waals surface area contributed by atoms with Crippen molar-refractivity contribution >= 4 is 13.5 Å². The predicted molar refractivity (Wildman–Crippen MR) is 15.1 cm³/mol. The number of halogens is 1. The van der Waals surface area contributed by atoms with Crippen molar-refractivity contribution in [1.29, 1.82) is 0 Å². The molecule has 0 aromatic rings. The maximum atomic E-state index is 0. The summed E-state index contributed by atoms with van der Waals surface area (Å²) in [4.78, 5) is 0. The first-order valence-electron chi connectivity index (χ1n) is 0. The van der Waals surface area contributed by atoms with E-state index in [2.05, 4.69) is 0 Å². The molecule has 0 heterocycles. The zero-order valence-electron chi connectivity index (χ0n) is 4.91. The van der Waals surface area contributed by atoms with E-state index in [0.29, 0.717) is 0 Å². The minimum atomic E-state index is 0. The van der Waals surface area contributed by atoms with Crippen LogP contribution in [0.25, 0.3) is 0 Å². The molecule has 0 aliphatic carbocycles. The molecule has 0 bridgehead atoms. The monoisotopic (exact) mass is 86.0 g/mol. The maximum Gasteiger partial charge on any atom is 1.00 e. The molecule has 0 radical (unpaired) electrons. The van der Waals surface area contributed by atoms with Gasteiger partial charge in [0.15, 0.2) is 0 Å². The molecule has 0 N–H and O–H groups in total. The summed E-state index contributed by atoms with van der Waals surface area (Å²) < 4.78 is 0. The van der Waals surface area contributed by atoms with Gasteiger partial charge in [0.2, 0.25) is 0 Å². The van der Waals surface area contributed by atoms with Gasteiger partial charge < -0.3 is 2.85 Å². The topological polar surface area (TPSA) is 0 Å². The van der Waals surface area contributed by atoms with E-state index in [1.807, 2.05) is 0 Å². The first kappa shape index (κ1) is 39.7. The van der Waals surface area contributed by atoms with Crippen molar-refractivity contribution in [2.75, 3.05) is 0 Å². The number of hydrogen-bond acceptors (Lipinski definition) is 0. The zero-order valence-corrected chi connectivity index (χ0v) is 5.91. The molecule has 0 amide bonds. The molecular weight excluding hydrogens is 81.0 g/mol. The van der Waals surface area contributed by atoms with Crippen molar-refractivity contribution in [3.05, 3.63) is 0 Å². The van der Waals surface area contributed by atoms with Crippen LogP contribution in [0.5, 0.6) is 0 Å². The van der Waals surface area contributed by atoms with Crippen LogP contribution in [0.4, 0.5) is 4.70 Å². The fraction of sp³-hybridized carbons (Fsp3) is 0. The van der Waals surface area contributed by atoms with E-state index in [1.54, 1.807) is 0 Å². The van der Waals surface area contributed by atoms with Crippen LogP contribution in [0.2, 0.25) is 0 Å². The van der Waals surface area contributed by atoms with Gasteiger partial charge in [0.05, 0.1) is 0 Å². The van der Waals surface area contributed by atoms with E-state index in [9.17, 15) is 0 Å². The Balaban J connectivity index is 0. The van der Waals surface area contributed by atoms with E-state index in [0.717, 1.165) is 0 Å². The van der Waals surface area contributed by atoms with Crippen LogP contribution in [0, 0.1) is 0 Å². The minimum absolute atomic E-state index is 0. The summed E-state index contributed by atoms with van der Waals surface area (Å²) in [7, 11) is 0. The molecule has 4 heteroatoms. The van der Waals surface area contributed by atoms with Crippen LogP contribution in [0.15, 0.2) is 0 Å². The Morgan fingerprint density at radius 3 is 1.25 bits per heavy atom. The second-order valence-electron chi connectivity index (χ2n) is 0. The van der Waals surface area contributed by atoms with E-state index < -0.39 is 0 Å². The van der Waals surface area contributed by atoms with E-state index in [-0.39, 0.29) is 69.5 Å². The average Bonchev–Trinajstić information content (AvgIpc) is 0. The molecule has 0 spiro atoms. The molecule has 20 valence electrons. The third-order valence-corrected chi connectivity index (χ3v) is 0. The molecule has 4 heavy (non-hydrogen) atoms. The molecule has 0 rings (SSSR count). The fourth-order valence-electron chi connectivity index (χ4n) is 0. The molecular formula is H5FLiNaS. The normalized spacial score (nSPS) is 0. The molecule has 0 atom stereocenters. The second-order valence-corrected chi connectivity index (χ2v) is 0. The standard InChI is InChI=1S/FH.Li.Na.H2S.2H/h1H;;;1H2;;/q;2*+1;;2*-1. The van der Waals surface area contributed by atoms with Crippen LogP contribution >= 0.6 is 13.5 Å². The molecule has 0 saturated carbocycles. The molecule has 0 aliphatic heterocycles. The SMILES string of the molecule is F.S.[H-].[H-].[Li+].[Na+]. The molecule has 0 aromatic heterocycles. The van der Waals surface area contributed by atoms with Crippen molar-refractivity contribution < 1.29 is 56.0 Å². The summed E-state index contributed by atoms with van der Waals surface area (Å²) >= 11 is 0. The summed E-state index contributed by atoms with van der Waals surface area (Å²) in [5, 5.41) is 0. The van der Waals surface area contributed by atoms with Gasteiger partial charge in [-0.3, -0.25) is 4.70 Å². The van der Waals surface area contributed by atoms with E-state index >= 15 is 0 Å². The Morgan fingerprint density at radius 2 is 1.25 bits per heavy atom. The van der Waals surface area contributed by atoms with Crippen LogP contribution in [-0.4, -0.2) is 0 Å². The third kappa shape index (κ3) is 9.11. The minimum Gasteiger partial charge on any atom is -1.00 e. The van der Waals surface area contributed by atoms with Crippen LogP contribution in [0.3, 0.4) is 0 Å². The van der Waals surface area contributed by atoms with Crippen molar-refractivity contribution in [3.63, 3.8) is 0 Å². The van der Waals surface area contributed by atoms with Crippen molar-refractivity contribution in [2.45, 2.75) is 0 Å². The first-order chi connectivity index (χ1) is 0. The molecule has 0 saturated heterocycles. The summed E-state index contributed by atoms with van der Waals surface area (Å²) in [5.41, 5.74) is 0. The van der Waals surface area contributed by atoms with Gasteiger partial charge in [0.1, 0.15) is 0 Å². The van der Waals surface area contributed by atoms with Gasteiger partial charge in [0.25, 0.3) is 0 Å². The van der Waals surface area contributed by atoms with Gasteiger partial charge in [-0.1, -0.05) is 0 Å². The molecule has 0 aliphatic rings. The Hall–Kier alpha value is 1.88. The Bertz CT molecular complexity index is 13.5. The first-order valence-corrected chi connectivity index (χ1v) is 0. The molecule has 0 fully saturated rings. The Kier molecular flexibility index (Phi) is 206. The maximum absolute atomic E-state index is 0. The third-order valence-electron chi connectivity index (χ3n) is 0. The van der Waals surface area contributed by atoms with Crippen LogP contribution in [-0.2, 0) is 0 Å². The second kappa shape index (κ2) is 20.8. The molecule has 0 nitrogen and oxygen atoms in total. The average molecular weight is 86.0 g/mol. The molecule has 0 unspecified atom stereocenters. The summed E-state index contributed by atoms with van der Waals surface area (Å²) in [5.74, 6) is 0. The predicted octanol–water partition coefficient (Wildman–Crippen LogP) is -5.50. The Labute approximate surface area is 69.0 Å². The van der Waals surface area contributed by atoms with Crippen molar-refractivity contribution in [2.24, 2.45) is 0 Å². The number of hydrogen-bond donors (Lipinski definition) is 0. The van der Waals surface area contributed by atoms with E-state index in [1.165, 1.54) is 0 Å². The van der Waals surface area contributed by atoms with Crippen LogP contribution < -0.4 is 48.4 Å². The van der Waals surface area contributed by atoms with Gasteiger partial charge in [0, 0.05) is 0 Å². The van der Waals surface area contributed by atoms with Gasteiger partial charge in [-0.15, -0.1) is 0 Å². The van der Waals surface area contributed by atoms with Gasteiger partial charge in [-0.25, -0.2) is 0 Å². The smallest absolute Gasteiger partial charge is 1.00 e.